The third-order valence-corrected chi connectivity index (χ3v) is 3.37. The number of Topliss-reactive ketones (excluding diaryl/α,β-unsaturated/α-hetero) is 1. The van der Waals surface area contributed by atoms with Gasteiger partial charge in [0.2, 0.25) is 5.91 Å². The summed E-state index contributed by atoms with van der Waals surface area (Å²) >= 11 is 5.58. The maximum absolute atomic E-state index is 11.7. The molecular formula is C14H21ClN2O2. The molecule has 4 nitrogen and oxygen atoms in total. The summed E-state index contributed by atoms with van der Waals surface area (Å²) in [5, 5.41) is 2.84. The van der Waals surface area contributed by atoms with Gasteiger partial charge in [0.15, 0.2) is 5.78 Å². The molecule has 0 aliphatic heterocycles. The lowest BCUT2D eigenvalue weighted by Gasteiger charge is -2.09. The minimum atomic E-state index is -0.0727. The Kier molecular flexibility index (Phi) is 6.09. The molecule has 1 rings (SSSR count). The van der Waals surface area contributed by atoms with Crippen LogP contribution < -0.4 is 5.32 Å². The van der Waals surface area contributed by atoms with Gasteiger partial charge in [0.1, 0.15) is 0 Å². The Morgan fingerprint density at radius 1 is 1.37 bits per heavy atom. The van der Waals surface area contributed by atoms with E-state index in [2.05, 4.69) is 5.32 Å². The van der Waals surface area contributed by atoms with E-state index >= 15 is 0 Å². The molecule has 0 saturated heterocycles. The van der Waals surface area contributed by atoms with Gasteiger partial charge in [-0.3, -0.25) is 9.59 Å². The highest BCUT2D eigenvalue weighted by Gasteiger charge is 2.15. The molecule has 0 atom stereocenters. The van der Waals surface area contributed by atoms with Gasteiger partial charge >= 0.3 is 0 Å². The average molecular weight is 285 g/mol. The third-order valence-electron chi connectivity index (χ3n) is 3.13. The Morgan fingerprint density at radius 3 is 2.63 bits per heavy atom. The topological polar surface area (TPSA) is 51.1 Å². The van der Waals surface area contributed by atoms with E-state index in [1.165, 1.54) is 0 Å². The van der Waals surface area contributed by atoms with Crippen molar-refractivity contribution in [3.8, 4) is 0 Å². The predicted molar refractivity (Wildman–Crippen MR) is 76.9 cm³/mol. The molecular weight excluding hydrogens is 264 g/mol. The Labute approximate surface area is 119 Å². The summed E-state index contributed by atoms with van der Waals surface area (Å²) < 4.78 is 1.99. The van der Waals surface area contributed by atoms with Crippen LogP contribution in [0.3, 0.4) is 0 Å². The first-order chi connectivity index (χ1) is 9.01. The van der Waals surface area contributed by atoms with Crippen molar-refractivity contribution in [3.63, 3.8) is 0 Å². The number of rotatable bonds is 7. The first-order valence-electron chi connectivity index (χ1n) is 6.53. The van der Waals surface area contributed by atoms with Crippen molar-refractivity contribution in [1.29, 1.82) is 0 Å². The highest BCUT2D eigenvalue weighted by atomic mass is 35.5. The van der Waals surface area contributed by atoms with Crippen LogP contribution in [0.5, 0.6) is 0 Å². The smallest absolute Gasteiger partial charge is 0.221 e. The van der Waals surface area contributed by atoms with E-state index in [1.54, 1.807) is 0 Å². The second-order valence-electron chi connectivity index (χ2n) is 4.59. The van der Waals surface area contributed by atoms with Crippen LogP contribution in [0.4, 0.5) is 0 Å². The first kappa shape index (κ1) is 15.8. The Bertz CT molecular complexity index is 466. The summed E-state index contributed by atoms with van der Waals surface area (Å²) in [6.45, 7) is 7.13. The van der Waals surface area contributed by atoms with Gasteiger partial charge in [-0.25, -0.2) is 0 Å². The average Bonchev–Trinajstić information content (AvgIpc) is 2.68. The van der Waals surface area contributed by atoms with Crippen molar-refractivity contribution in [2.45, 2.75) is 40.2 Å². The highest BCUT2D eigenvalue weighted by Crippen LogP contribution is 2.16. The van der Waals surface area contributed by atoms with E-state index in [9.17, 15) is 9.59 Å². The fourth-order valence-corrected chi connectivity index (χ4v) is 2.21. The van der Waals surface area contributed by atoms with Crippen LogP contribution in [0.1, 0.15) is 41.5 Å². The molecule has 0 unspecified atom stereocenters. The standard InChI is InChI=1S/C14H21ClN2O2/c1-4-6-16-14(19)5-7-17-10(2)8-12(11(17)3)13(18)9-15/h8H,4-7,9H2,1-3H3,(H,16,19). The number of amides is 1. The fourth-order valence-electron chi connectivity index (χ4n) is 2.07. The maximum atomic E-state index is 11.7. The zero-order valence-electron chi connectivity index (χ0n) is 11.8. The lowest BCUT2D eigenvalue weighted by molar-refractivity contribution is -0.121. The number of alkyl halides is 1. The number of carbonyl (C=O) groups is 2. The number of halogens is 1. The van der Waals surface area contributed by atoms with E-state index in [0.29, 0.717) is 25.1 Å². The van der Waals surface area contributed by atoms with Crippen LogP contribution in [0.25, 0.3) is 0 Å². The first-order valence-corrected chi connectivity index (χ1v) is 7.07. The summed E-state index contributed by atoms with van der Waals surface area (Å²) in [5.74, 6) is -0.0441. The molecule has 0 aromatic carbocycles. The lowest BCUT2D eigenvalue weighted by Crippen LogP contribution is -2.25. The minimum absolute atomic E-state index is 0.0126. The molecule has 1 aromatic rings. The SMILES string of the molecule is CCCNC(=O)CCn1c(C)cc(C(=O)CCl)c1C. The van der Waals surface area contributed by atoms with Gasteiger partial charge in [-0.05, 0) is 26.3 Å². The van der Waals surface area contributed by atoms with Crippen molar-refractivity contribution in [2.24, 2.45) is 0 Å². The normalized spacial score (nSPS) is 10.5. The van der Waals surface area contributed by atoms with Gasteiger partial charge in [-0.1, -0.05) is 6.92 Å². The van der Waals surface area contributed by atoms with E-state index in [1.807, 2.05) is 31.4 Å². The number of hydrogen-bond acceptors (Lipinski definition) is 2. The Hall–Kier alpha value is -1.29. The number of carbonyl (C=O) groups excluding carboxylic acids is 2. The molecule has 19 heavy (non-hydrogen) atoms. The molecule has 0 aliphatic carbocycles. The molecule has 1 amide bonds. The molecule has 0 bridgehead atoms. The monoisotopic (exact) mass is 284 g/mol. The number of nitrogens with one attached hydrogen (secondary N) is 1. The van der Waals surface area contributed by atoms with Gasteiger partial charge in [0.25, 0.3) is 0 Å². The maximum Gasteiger partial charge on any atom is 0.221 e. The van der Waals surface area contributed by atoms with Crippen LogP contribution in [0.2, 0.25) is 0 Å². The van der Waals surface area contributed by atoms with Crippen LogP contribution in [-0.2, 0) is 11.3 Å². The second-order valence-corrected chi connectivity index (χ2v) is 4.86. The van der Waals surface area contributed by atoms with Crippen molar-refractivity contribution in [3.05, 3.63) is 23.0 Å². The van der Waals surface area contributed by atoms with Gasteiger partial charge in [-0.15, -0.1) is 11.6 Å². The zero-order chi connectivity index (χ0) is 14.4. The molecule has 0 fully saturated rings. The van der Waals surface area contributed by atoms with Crippen molar-refractivity contribution < 1.29 is 9.59 Å². The van der Waals surface area contributed by atoms with Crippen molar-refractivity contribution >= 4 is 23.3 Å². The molecule has 106 valence electrons. The van der Waals surface area contributed by atoms with E-state index in [4.69, 9.17) is 11.6 Å². The summed E-state index contributed by atoms with van der Waals surface area (Å²) in [7, 11) is 0. The molecule has 1 heterocycles. The number of aromatic nitrogens is 1. The largest absolute Gasteiger partial charge is 0.356 e. The van der Waals surface area contributed by atoms with E-state index in [-0.39, 0.29) is 17.6 Å². The number of ketones is 1. The van der Waals surface area contributed by atoms with Crippen LogP contribution in [0, 0.1) is 13.8 Å². The van der Waals surface area contributed by atoms with Crippen molar-refractivity contribution in [1.82, 2.24) is 9.88 Å². The minimum Gasteiger partial charge on any atom is -0.356 e. The Morgan fingerprint density at radius 2 is 2.05 bits per heavy atom. The van der Waals surface area contributed by atoms with E-state index < -0.39 is 0 Å². The second kappa shape index (κ2) is 7.34. The molecule has 0 spiro atoms. The molecule has 5 heteroatoms. The molecule has 1 N–H and O–H groups in total. The van der Waals surface area contributed by atoms with Crippen LogP contribution in [-0.4, -0.2) is 28.7 Å². The quantitative estimate of drug-likeness (QED) is 0.618. The molecule has 0 radical (unpaired) electrons. The lowest BCUT2D eigenvalue weighted by atomic mass is 10.2. The van der Waals surface area contributed by atoms with Gasteiger partial charge in [0, 0.05) is 36.5 Å². The van der Waals surface area contributed by atoms with Crippen LogP contribution in [0.15, 0.2) is 6.07 Å². The van der Waals surface area contributed by atoms with E-state index in [0.717, 1.165) is 17.8 Å². The fraction of sp³-hybridized carbons (Fsp3) is 0.571. The summed E-state index contributed by atoms with van der Waals surface area (Å²) in [4.78, 5) is 23.2. The van der Waals surface area contributed by atoms with Gasteiger partial charge in [0.05, 0.1) is 5.88 Å². The summed E-state index contributed by atoms with van der Waals surface area (Å²) in [6, 6.07) is 1.84. The van der Waals surface area contributed by atoms with Crippen LogP contribution >= 0.6 is 11.6 Å². The van der Waals surface area contributed by atoms with Gasteiger partial charge < -0.3 is 9.88 Å². The Balaban J connectivity index is 2.71. The zero-order valence-corrected chi connectivity index (χ0v) is 12.5. The molecule has 0 saturated carbocycles. The predicted octanol–water partition coefficient (Wildman–Crippen LogP) is 2.44. The highest BCUT2D eigenvalue weighted by molar-refractivity contribution is 6.30. The summed E-state index contributed by atoms with van der Waals surface area (Å²) in [6.07, 6.45) is 1.35. The number of nitrogens with zero attached hydrogens (tertiary/aromatic N) is 1. The van der Waals surface area contributed by atoms with Crippen molar-refractivity contribution in [2.75, 3.05) is 12.4 Å². The number of hydrogen-bond donors (Lipinski definition) is 1. The summed E-state index contributed by atoms with van der Waals surface area (Å²) in [5.41, 5.74) is 2.52. The van der Waals surface area contributed by atoms with Gasteiger partial charge in [-0.2, -0.15) is 0 Å². The molecule has 0 aliphatic rings. The third kappa shape index (κ3) is 4.10. The number of aryl methyl sites for hydroxylation is 1. The molecule has 1 aromatic heterocycles.